The minimum absolute atomic E-state index is 0.136. The van der Waals surface area contributed by atoms with Gasteiger partial charge in [-0.1, -0.05) is 15.9 Å². The molecule has 0 aliphatic carbocycles. The summed E-state index contributed by atoms with van der Waals surface area (Å²) in [6.07, 6.45) is 0.136. The molecule has 0 saturated heterocycles. The number of hydrogen-bond acceptors (Lipinski definition) is 5. The first-order valence-corrected chi connectivity index (χ1v) is 8.36. The van der Waals surface area contributed by atoms with Gasteiger partial charge in [0.05, 0.1) is 30.9 Å². The number of hydrogen-bond donors (Lipinski definition) is 1. The molecule has 0 saturated carbocycles. The average Bonchev–Trinajstić information content (AvgIpc) is 2.62. The highest BCUT2D eigenvalue weighted by molar-refractivity contribution is 9.10. The van der Waals surface area contributed by atoms with Crippen molar-refractivity contribution in [2.45, 2.75) is 6.42 Å². The van der Waals surface area contributed by atoms with Gasteiger partial charge in [0.1, 0.15) is 19.0 Å². The minimum atomic E-state index is -0.231. The predicted octanol–water partition coefficient (Wildman–Crippen LogP) is 3.28. The Morgan fingerprint density at radius 2 is 2.00 bits per heavy atom. The molecule has 0 fully saturated rings. The van der Waals surface area contributed by atoms with E-state index in [9.17, 15) is 4.79 Å². The molecular weight excluding hydrogens is 388 g/mol. The second-order valence-electron chi connectivity index (χ2n) is 5.34. The van der Waals surface area contributed by atoms with E-state index < -0.39 is 0 Å². The van der Waals surface area contributed by atoms with Crippen LogP contribution in [0.2, 0.25) is 0 Å². The van der Waals surface area contributed by atoms with Crippen LogP contribution in [0.3, 0.4) is 0 Å². The van der Waals surface area contributed by atoms with Gasteiger partial charge in [-0.3, -0.25) is 4.79 Å². The van der Waals surface area contributed by atoms with Crippen LogP contribution in [-0.4, -0.2) is 26.2 Å². The van der Waals surface area contributed by atoms with Crippen LogP contribution in [0.1, 0.15) is 11.1 Å². The van der Waals surface area contributed by atoms with Crippen LogP contribution in [0.5, 0.6) is 17.2 Å². The zero-order valence-corrected chi connectivity index (χ0v) is 15.1. The van der Waals surface area contributed by atoms with E-state index in [4.69, 9.17) is 19.5 Å². The van der Waals surface area contributed by atoms with Crippen molar-refractivity contribution in [3.05, 3.63) is 45.9 Å². The highest BCUT2D eigenvalue weighted by atomic mass is 79.9. The maximum Gasteiger partial charge on any atom is 0.228 e. The Hall–Kier alpha value is -2.72. The van der Waals surface area contributed by atoms with E-state index in [1.54, 1.807) is 30.3 Å². The third-order valence-corrected chi connectivity index (χ3v) is 4.40. The molecule has 0 spiro atoms. The van der Waals surface area contributed by atoms with Crippen LogP contribution in [0, 0.1) is 11.3 Å². The summed E-state index contributed by atoms with van der Waals surface area (Å²) in [4.78, 5) is 12.4. The van der Waals surface area contributed by atoms with Gasteiger partial charge < -0.3 is 19.5 Å². The lowest BCUT2D eigenvalue weighted by atomic mass is 10.1. The van der Waals surface area contributed by atoms with Crippen LogP contribution in [0.15, 0.2) is 34.8 Å². The molecule has 1 heterocycles. The van der Waals surface area contributed by atoms with Gasteiger partial charge in [-0.15, -0.1) is 0 Å². The van der Waals surface area contributed by atoms with Crippen molar-refractivity contribution in [1.29, 1.82) is 5.26 Å². The number of rotatable bonds is 4. The van der Waals surface area contributed by atoms with Gasteiger partial charge in [0, 0.05) is 4.47 Å². The van der Waals surface area contributed by atoms with Gasteiger partial charge >= 0.3 is 0 Å². The fraction of sp³-hybridized carbons (Fsp3) is 0.222. The number of methoxy groups -OCH3 is 1. The Morgan fingerprint density at radius 3 is 2.68 bits per heavy atom. The van der Waals surface area contributed by atoms with E-state index in [1.165, 1.54) is 7.11 Å². The van der Waals surface area contributed by atoms with Gasteiger partial charge in [-0.05, 0) is 35.9 Å². The zero-order valence-electron chi connectivity index (χ0n) is 13.5. The monoisotopic (exact) mass is 402 g/mol. The van der Waals surface area contributed by atoms with Crippen molar-refractivity contribution in [2.24, 2.45) is 0 Å². The highest BCUT2D eigenvalue weighted by Crippen LogP contribution is 2.36. The fourth-order valence-corrected chi connectivity index (χ4v) is 2.95. The Kier molecular flexibility index (Phi) is 5.10. The molecule has 3 rings (SSSR count). The average molecular weight is 403 g/mol. The van der Waals surface area contributed by atoms with Crippen molar-refractivity contribution in [3.63, 3.8) is 0 Å². The Bertz CT molecular complexity index is 861. The molecule has 0 bridgehead atoms. The first kappa shape index (κ1) is 17.1. The molecule has 1 aliphatic heterocycles. The summed E-state index contributed by atoms with van der Waals surface area (Å²) in [7, 11) is 1.51. The lowest BCUT2D eigenvalue weighted by molar-refractivity contribution is -0.115. The van der Waals surface area contributed by atoms with Crippen molar-refractivity contribution in [3.8, 4) is 23.3 Å². The molecule has 1 N–H and O–H groups in total. The summed E-state index contributed by atoms with van der Waals surface area (Å²) in [6, 6.07) is 10.5. The molecule has 1 amide bonds. The van der Waals surface area contributed by atoms with Gasteiger partial charge in [-0.25, -0.2) is 0 Å². The normalized spacial score (nSPS) is 12.2. The summed E-state index contributed by atoms with van der Waals surface area (Å²) in [6.45, 7) is 0.993. The van der Waals surface area contributed by atoms with Crippen molar-refractivity contribution >= 4 is 27.5 Å². The molecule has 6 nitrogen and oxygen atoms in total. The number of nitrogens with one attached hydrogen (secondary N) is 1. The van der Waals surface area contributed by atoms with Crippen LogP contribution in [0.25, 0.3) is 0 Å². The second kappa shape index (κ2) is 7.45. The first-order chi connectivity index (χ1) is 12.1. The number of benzene rings is 2. The molecule has 0 unspecified atom stereocenters. The van der Waals surface area contributed by atoms with E-state index in [0.29, 0.717) is 41.7 Å². The van der Waals surface area contributed by atoms with E-state index in [1.807, 2.05) is 6.07 Å². The van der Waals surface area contributed by atoms with Crippen molar-refractivity contribution < 1.29 is 19.0 Å². The maximum absolute atomic E-state index is 12.4. The maximum atomic E-state index is 12.4. The Labute approximate surface area is 153 Å². The van der Waals surface area contributed by atoms with Crippen molar-refractivity contribution in [1.82, 2.24) is 0 Å². The first-order valence-electron chi connectivity index (χ1n) is 7.56. The Morgan fingerprint density at radius 1 is 1.28 bits per heavy atom. The van der Waals surface area contributed by atoms with E-state index in [-0.39, 0.29) is 12.3 Å². The van der Waals surface area contributed by atoms with Crippen molar-refractivity contribution in [2.75, 3.05) is 25.6 Å². The summed E-state index contributed by atoms with van der Waals surface area (Å²) in [5.41, 5.74) is 1.67. The lowest BCUT2D eigenvalue weighted by Gasteiger charge is -2.20. The third kappa shape index (κ3) is 3.86. The van der Waals surface area contributed by atoms with Gasteiger partial charge in [0.2, 0.25) is 5.91 Å². The lowest BCUT2D eigenvalue weighted by Crippen LogP contribution is -2.18. The molecular formula is C18H15BrN2O4. The van der Waals surface area contributed by atoms with E-state index >= 15 is 0 Å². The number of carbonyl (C=O) groups is 1. The smallest absolute Gasteiger partial charge is 0.228 e. The number of ether oxygens (including phenoxy) is 3. The molecule has 2 aromatic rings. The number of anilines is 1. The summed E-state index contributed by atoms with van der Waals surface area (Å²) < 4.78 is 17.1. The SMILES string of the molecule is COc1ccc(C#N)cc1NC(=O)Cc1cc2c(cc1Br)OCCO2. The number of carbonyl (C=O) groups excluding carboxylic acids is 1. The van der Waals surface area contributed by atoms with E-state index in [2.05, 4.69) is 21.2 Å². The molecule has 2 aromatic carbocycles. The number of nitriles is 1. The third-order valence-electron chi connectivity index (χ3n) is 3.66. The fourth-order valence-electron chi connectivity index (χ4n) is 2.48. The minimum Gasteiger partial charge on any atom is -0.495 e. The molecule has 0 atom stereocenters. The van der Waals surface area contributed by atoms with E-state index in [0.717, 1.165) is 10.0 Å². The molecule has 0 radical (unpaired) electrons. The molecule has 128 valence electrons. The quantitative estimate of drug-likeness (QED) is 0.848. The van der Waals surface area contributed by atoms with Gasteiger partial charge in [0.25, 0.3) is 0 Å². The highest BCUT2D eigenvalue weighted by Gasteiger charge is 2.17. The van der Waals surface area contributed by atoms with Gasteiger partial charge in [0.15, 0.2) is 11.5 Å². The summed E-state index contributed by atoms with van der Waals surface area (Å²) >= 11 is 3.46. The number of halogens is 1. The standard InChI is InChI=1S/C18H15BrN2O4/c1-23-15-3-2-11(10-20)6-14(15)21-18(22)8-12-7-16-17(9-13(12)19)25-5-4-24-16/h2-3,6-7,9H,4-5,8H2,1H3,(H,21,22). The second-order valence-corrected chi connectivity index (χ2v) is 6.19. The van der Waals surface area contributed by atoms with Gasteiger partial charge in [-0.2, -0.15) is 5.26 Å². The van der Waals surface area contributed by atoms with Crippen LogP contribution in [-0.2, 0) is 11.2 Å². The zero-order chi connectivity index (χ0) is 17.8. The summed E-state index contributed by atoms with van der Waals surface area (Å²) in [5, 5.41) is 11.8. The molecule has 1 aliphatic rings. The van der Waals surface area contributed by atoms with Crippen LogP contribution in [0.4, 0.5) is 5.69 Å². The van der Waals surface area contributed by atoms with Crippen LogP contribution < -0.4 is 19.5 Å². The number of fused-ring (bicyclic) bond motifs is 1. The number of amides is 1. The largest absolute Gasteiger partial charge is 0.495 e. The van der Waals surface area contributed by atoms with Crippen LogP contribution >= 0.6 is 15.9 Å². The Balaban J connectivity index is 1.78. The molecule has 7 heteroatoms. The predicted molar refractivity (Wildman–Crippen MR) is 95.2 cm³/mol. The summed E-state index contributed by atoms with van der Waals surface area (Å²) in [5.74, 6) is 1.55. The molecule has 0 aromatic heterocycles. The molecule has 25 heavy (non-hydrogen) atoms. The number of nitrogens with zero attached hydrogens (tertiary/aromatic N) is 1. The topological polar surface area (TPSA) is 80.6 Å².